The molecule has 0 amide bonds. The van der Waals surface area contributed by atoms with Gasteiger partial charge in [-0.05, 0) is 13.0 Å². The Hall–Kier alpha value is -0.980. The molecule has 92 valence electrons. The highest BCUT2D eigenvalue weighted by atomic mass is 16.5. The highest BCUT2D eigenvalue weighted by molar-refractivity contribution is 4.92. The largest absolute Gasteiger partial charge is 0.385 e. The molecule has 0 aliphatic heterocycles. The first kappa shape index (κ1) is 13.1. The number of hydrogen-bond acceptors (Lipinski definition) is 5. The maximum atomic E-state index is 5.42. The summed E-state index contributed by atoms with van der Waals surface area (Å²) >= 11 is 0. The van der Waals surface area contributed by atoms with E-state index in [0.29, 0.717) is 13.2 Å². The van der Waals surface area contributed by atoms with Crippen molar-refractivity contribution in [3.63, 3.8) is 0 Å². The summed E-state index contributed by atoms with van der Waals surface area (Å²) in [5.74, 6) is 0. The van der Waals surface area contributed by atoms with E-state index < -0.39 is 0 Å². The summed E-state index contributed by atoms with van der Waals surface area (Å²) in [6.07, 6.45) is 3.60. The van der Waals surface area contributed by atoms with Crippen LogP contribution in [0.5, 0.6) is 0 Å². The molecule has 0 aliphatic carbocycles. The third-order valence-electron chi connectivity index (χ3n) is 2.09. The van der Waals surface area contributed by atoms with Crippen LogP contribution in [0.1, 0.15) is 12.1 Å². The molecule has 0 aromatic carbocycles. The van der Waals surface area contributed by atoms with Crippen molar-refractivity contribution < 1.29 is 9.47 Å². The zero-order valence-electron chi connectivity index (χ0n) is 9.76. The second kappa shape index (κ2) is 8.20. The molecule has 0 fully saturated rings. The third kappa shape index (κ3) is 5.20. The fraction of sp³-hybridized carbons (Fsp3) is 0.800. The molecule has 1 rings (SSSR count). The van der Waals surface area contributed by atoms with Crippen molar-refractivity contribution in [1.82, 2.24) is 15.0 Å². The zero-order valence-corrected chi connectivity index (χ0v) is 9.76. The number of aromatic nitrogens is 3. The van der Waals surface area contributed by atoms with Gasteiger partial charge in [0, 0.05) is 32.9 Å². The monoisotopic (exact) mass is 228 g/mol. The topological polar surface area (TPSA) is 75.2 Å². The van der Waals surface area contributed by atoms with E-state index in [9.17, 15) is 0 Å². The van der Waals surface area contributed by atoms with E-state index in [1.54, 1.807) is 11.8 Å². The molecule has 1 aromatic heterocycles. The molecule has 16 heavy (non-hydrogen) atoms. The Morgan fingerprint density at radius 1 is 1.38 bits per heavy atom. The smallest absolute Gasteiger partial charge is 0.0839 e. The maximum absolute atomic E-state index is 5.42. The molecule has 1 aromatic rings. The van der Waals surface area contributed by atoms with Gasteiger partial charge >= 0.3 is 0 Å². The van der Waals surface area contributed by atoms with Gasteiger partial charge in [-0.25, -0.2) is 4.68 Å². The maximum Gasteiger partial charge on any atom is 0.0839 e. The molecular formula is C10H20N4O2. The van der Waals surface area contributed by atoms with Gasteiger partial charge in [-0.15, -0.1) is 5.10 Å². The molecule has 0 spiro atoms. The van der Waals surface area contributed by atoms with Crippen molar-refractivity contribution in [2.24, 2.45) is 5.73 Å². The summed E-state index contributed by atoms with van der Waals surface area (Å²) < 4.78 is 12.1. The van der Waals surface area contributed by atoms with Crippen LogP contribution in [0.15, 0.2) is 6.20 Å². The van der Waals surface area contributed by atoms with Gasteiger partial charge in [0.25, 0.3) is 0 Å². The van der Waals surface area contributed by atoms with Gasteiger partial charge < -0.3 is 15.2 Å². The molecule has 0 saturated heterocycles. The molecule has 2 N–H and O–H groups in total. The van der Waals surface area contributed by atoms with Gasteiger partial charge in [-0.3, -0.25) is 0 Å². The van der Waals surface area contributed by atoms with E-state index in [1.165, 1.54) is 0 Å². The number of nitrogens with two attached hydrogens (primary N) is 1. The predicted octanol–water partition coefficient (Wildman–Crippen LogP) is -0.168. The highest BCUT2D eigenvalue weighted by Gasteiger charge is 1.99. The Labute approximate surface area is 95.7 Å². The average Bonchev–Trinajstić information content (AvgIpc) is 2.72. The van der Waals surface area contributed by atoms with Crippen LogP contribution in [-0.4, -0.2) is 48.5 Å². The molecule has 0 saturated carbocycles. The van der Waals surface area contributed by atoms with Crippen LogP contribution in [0, 0.1) is 0 Å². The van der Waals surface area contributed by atoms with E-state index in [1.807, 2.05) is 6.20 Å². The molecule has 0 aliphatic rings. The van der Waals surface area contributed by atoms with Crippen molar-refractivity contribution in [1.29, 1.82) is 0 Å². The van der Waals surface area contributed by atoms with Crippen LogP contribution in [0.25, 0.3) is 0 Å². The molecule has 6 heteroatoms. The Morgan fingerprint density at radius 2 is 2.25 bits per heavy atom. The SMILES string of the molecule is COCCCOCCn1cc(CCN)nn1. The van der Waals surface area contributed by atoms with Gasteiger partial charge in [0.1, 0.15) is 0 Å². The van der Waals surface area contributed by atoms with Crippen molar-refractivity contribution in [3.05, 3.63) is 11.9 Å². The minimum absolute atomic E-state index is 0.603. The van der Waals surface area contributed by atoms with Crippen LogP contribution < -0.4 is 5.73 Å². The first-order chi connectivity index (χ1) is 7.86. The fourth-order valence-corrected chi connectivity index (χ4v) is 1.28. The van der Waals surface area contributed by atoms with Crippen LogP contribution >= 0.6 is 0 Å². The standard InChI is InChI=1S/C10H20N4O2/c1-15-6-2-7-16-8-5-14-9-10(3-4-11)12-13-14/h9H,2-8,11H2,1H3. The minimum Gasteiger partial charge on any atom is -0.385 e. The molecule has 0 unspecified atom stereocenters. The van der Waals surface area contributed by atoms with Crippen LogP contribution in [0.3, 0.4) is 0 Å². The summed E-state index contributed by atoms with van der Waals surface area (Å²) in [6, 6.07) is 0. The Morgan fingerprint density at radius 3 is 3.00 bits per heavy atom. The zero-order chi connectivity index (χ0) is 11.6. The third-order valence-corrected chi connectivity index (χ3v) is 2.09. The molecule has 6 nitrogen and oxygen atoms in total. The second-order valence-corrected chi connectivity index (χ2v) is 3.47. The lowest BCUT2D eigenvalue weighted by atomic mass is 10.3. The lowest BCUT2D eigenvalue weighted by Gasteiger charge is -2.03. The van der Waals surface area contributed by atoms with E-state index in [4.69, 9.17) is 15.2 Å². The quantitative estimate of drug-likeness (QED) is 0.594. The summed E-state index contributed by atoms with van der Waals surface area (Å²) in [4.78, 5) is 0. The summed E-state index contributed by atoms with van der Waals surface area (Å²) in [5, 5.41) is 7.97. The first-order valence-electron chi connectivity index (χ1n) is 5.52. The first-order valence-corrected chi connectivity index (χ1v) is 5.52. The molecule has 0 atom stereocenters. The molecule has 0 bridgehead atoms. The number of hydrogen-bond donors (Lipinski definition) is 1. The van der Waals surface area contributed by atoms with E-state index >= 15 is 0 Å². The Bertz CT molecular complexity index is 278. The number of nitrogens with zero attached hydrogens (tertiary/aromatic N) is 3. The van der Waals surface area contributed by atoms with Crippen molar-refractivity contribution in [2.45, 2.75) is 19.4 Å². The van der Waals surface area contributed by atoms with Crippen LogP contribution in [0.2, 0.25) is 0 Å². The van der Waals surface area contributed by atoms with Gasteiger partial charge in [-0.2, -0.15) is 0 Å². The van der Waals surface area contributed by atoms with E-state index in [0.717, 1.165) is 38.3 Å². The lowest BCUT2D eigenvalue weighted by molar-refractivity contribution is 0.0958. The van der Waals surface area contributed by atoms with Gasteiger partial charge in [0.2, 0.25) is 0 Å². The molecule has 0 radical (unpaired) electrons. The number of rotatable bonds is 9. The van der Waals surface area contributed by atoms with Gasteiger partial charge in [0.05, 0.1) is 18.8 Å². The molecular weight excluding hydrogens is 208 g/mol. The average molecular weight is 228 g/mol. The van der Waals surface area contributed by atoms with E-state index in [-0.39, 0.29) is 0 Å². The predicted molar refractivity (Wildman–Crippen MR) is 60.1 cm³/mol. The summed E-state index contributed by atoms with van der Waals surface area (Å²) in [6.45, 7) is 3.44. The normalized spacial score (nSPS) is 10.9. The lowest BCUT2D eigenvalue weighted by Crippen LogP contribution is -2.08. The van der Waals surface area contributed by atoms with E-state index in [2.05, 4.69) is 10.3 Å². The molecule has 1 heterocycles. The number of methoxy groups -OCH3 is 1. The Balaban J connectivity index is 2.07. The van der Waals surface area contributed by atoms with Crippen molar-refractivity contribution in [3.8, 4) is 0 Å². The van der Waals surface area contributed by atoms with Gasteiger partial charge in [0.15, 0.2) is 0 Å². The van der Waals surface area contributed by atoms with Crippen molar-refractivity contribution in [2.75, 3.05) is 33.5 Å². The van der Waals surface area contributed by atoms with Gasteiger partial charge in [-0.1, -0.05) is 5.21 Å². The highest BCUT2D eigenvalue weighted by Crippen LogP contribution is 1.93. The second-order valence-electron chi connectivity index (χ2n) is 3.47. The number of ether oxygens (including phenoxy) is 2. The summed E-state index contributed by atoms with van der Waals surface area (Å²) in [5.41, 5.74) is 6.36. The van der Waals surface area contributed by atoms with Crippen molar-refractivity contribution >= 4 is 0 Å². The van der Waals surface area contributed by atoms with Crippen LogP contribution in [0.4, 0.5) is 0 Å². The summed E-state index contributed by atoms with van der Waals surface area (Å²) in [7, 11) is 1.69. The van der Waals surface area contributed by atoms with Crippen LogP contribution in [-0.2, 0) is 22.4 Å². The Kier molecular flexibility index (Phi) is 6.71. The fourth-order valence-electron chi connectivity index (χ4n) is 1.28. The minimum atomic E-state index is 0.603.